The number of hydrogen-bond acceptors (Lipinski definition) is 8. The zero-order valence-electron chi connectivity index (χ0n) is 31.0. The van der Waals surface area contributed by atoms with Crippen molar-refractivity contribution >= 4 is 23.8 Å². The van der Waals surface area contributed by atoms with E-state index in [1.54, 1.807) is 30.2 Å². The lowest BCUT2D eigenvalue weighted by Crippen LogP contribution is -2.32. The Hall–Kier alpha value is -3.12. The molecule has 1 aromatic carbocycles. The number of rotatable bonds is 32. The van der Waals surface area contributed by atoms with Gasteiger partial charge in [-0.1, -0.05) is 143 Å². The maximum absolute atomic E-state index is 13.0. The van der Waals surface area contributed by atoms with Gasteiger partial charge in [-0.25, -0.2) is 9.59 Å². The predicted octanol–water partition coefficient (Wildman–Crippen LogP) is 10.5. The first kappa shape index (κ1) is 43.9. The molecule has 1 aromatic rings. The van der Waals surface area contributed by atoms with Crippen LogP contribution in [0.1, 0.15) is 168 Å². The van der Waals surface area contributed by atoms with E-state index in [9.17, 15) is 19.2 Å². The van der Waals surface area contributed by atoms with Crippen LogP contribution in [-0.2, 0) is 28.7 Å². The molecule has 1 atom stereocenters. The van der Waals surface area contributed by atoms with E-state index >= 15 is 0 Å². The average molecular weight is 687 g/mol. The van der Waals surface area contributed by atoms with Gasteiger partial charge in [-0.2, -0.15) is 0 Å². The molecule has 0 spiro atoms. The highest BCUT2D eigenvalue weighted by molar-refractivity contribution is 6.00. The van der Waals surface area contributed by atoms with Crippen LogP contribution in [0.25, 0.3) is 0 Å². The number of hydrogen-bond donors (Lipinski definition) is 0. The van der Waals surface area contributed by atoms with Gasteiger partial charge in [0.05, 0.1) is 13.2 Å². The van der Waals surface area contributed by atoms with Crippen LogP contribution < -0.4 is 9.47 Å². The van der Waals surface area contributed by atoms with Crippen LogP contribution >= 0.6 is 0 Å². The molecular formula is C41H66O8. The monoisotopic (exact) mass is 686 g/mol. The number of ether oxygens (including phenoxy) is 4. The summed E-state index contributed by atoms with van der Waals surface area (Å²) in [5.74, 6) is -1.48. The molecular weight excluding hydrogens is 620 g/mol. The topological polar surface area (TPSA) is 105 Å². The van der Waals surface area contributed by atoms with Gasteiger partial charge < -0.3 is 18.9 Å². The minimum atomic E-state index is -1.55. The molecule has 278 valence electrons. The SMILES string of the molecule is CCCCCCCCCCCCOc1ccc(OC(=O)COC(=O)C(C(=O)OCCCC)C(=C=O)CCCCCCCCCCCC)cc1. The Morgan fingerprint density at radius 2 is 1.00 bits per heavy atom. The minimum absolute atomic E-state index is 0.00664. The standard InChI is InChI=1S/C41H66O8/c1-4-7-10-12-14-16-18-20-22-24-26-35(33-42)39(40(44)47-31-9-6-3)41(45)48-34-38(43)49-37-29-27-36(28-30-37)46-32-25-23-21-19-17-15-13-11-8-5-2/h27-30,39H,4-26,31-32,34H2,1-3H3. The first-order valence-corrected chi connectivity index (χ1v) is 19.5. The normalized spacial score (nSPS) is 11.4. The van der Waals surface area contributed by atoms with Crippen molar-refractivity contribution in [3.63, 3.8) is 0 Å². The molecule has 0 amide bonds. The van der Waals surface area contributed by atoms with Gasteiger partial charge in [-0.15, -0.1) is 0 Å². The molecule has 0 aliphatic rings. The average Bonchev–Trinajstić information content (AvgIpc) is 3.10. The first-order valence-electron chi connectivity index (χ1n) is 19.5. The van der Waals surface area contributed by atoms with Crippen LogP contribution in [0.15, 0.2) is 29.8 Å². The highest BCUT2D eigenvalue weighted by Crippen LogP contribution is 2.22. The summed E-state index contributed by atoms with van der Waals surface area (Å²) < 4.78 is 21.5. The summed E-state index contributed by atoms with van der Waals surface area (Å²) in [5.41, 5.74) is -0.00664. The maximum atomic E-state index is 13.0. The van der Waals surface area contributed by atoms with Crippen molar-refractivity contribution in [2.75, 3.05) is 19.8 Å². The fourth-order valence-electron chi connectivity index (χ4n) is 5.60. The molecule has 0 bridgehead atoms. The van der Waals surface area contributed by atoms with Gasteiger partial charge in [-0.05, 0) is 49.9 Å². The van der Waals surface area contributed by atoms with E-state index < -0.39 is 30.4 Å². The van der Waals surface area contributed by atoms with Crippen molar-refractivity contribution in [1.29, 1.82) is 0 Å². The quantitative estimate of drug-likeness (QED) is 0.0242. The van der Waals surface area contributed by atoms with E-state index in [1.165, 1.54) is 89.9 Å². The van der Waals surface area contributed by atoms with Gasteiger partial charge in [0.25, 0.3) is 0 Å². The minimum Gasteiger partial charge on any atom is -0.494 e. The molecule has 0 saturated carbocycles. The molecule has 0 aromatic heterocycles. The number of carbonyl (C=O) groups is 3. The summed E-state index contributed by atoms with van der Waals surface area (Å²) in [7, 11) is 0. The van der Waals surface area contributed by atoms with Crippen LogP contribution in [0.4, 0.5) is 0 Å². The van der Waals surface area contributed by atoms with Gasteiger partial charge in [0.15, 0.2) is 12.5 Å². The molecule has 1 unspecified atom stereocenters. The maximum Gasteiger partial charge on any atom is 0.349 e. The fraction of sp³-hybridized carbons (Fsp3) is 0.732. The van der Waals surface area contributed by atoms with Gasteiger partial charge in [0.1, 0.15) is 17.4 Å². The number of benzene rings is 1. The molecule has 0 fully saturated rings. The second-order valence-electron chi connectivity index (χ2n) is 13.1. The van der Waals surface area contributed by atoms with Crippen LogP contribution in [-0.4, -0.2) is 43.7 Å². The lowest BCUT2D eigenvalue weighted by molar-refractivity contribution is -0.164. The molecule has 0 radical (unpaired) electrons. The zero-order chi connectivity index (χ0) is 35.8. The Kier molecular flexibility index (Phi) is 27.7. The zero-order valence-corrected chi connectivity index (χ0v) is 31.0. The molecule has 0 heterocycles. The fourth-order valence-corrected chi connectivity index (χ4v) is 5.60. The summed E-state index contributed by atoms with van der Waals surface area (Å²) in [6.07, 6.45) is 25.5. The molecule has 1 rings (SSSR count). The Bertz CT molecular complexity index is 1040. The molecule has 0 saturated heterocycles. The number of esters is 3. The van der Waals surface area contributed by atoms with Crippen LogP contribution in [0.5, 0.6) is 11.5 Å². The summed E-state index contributed by atoms with van der Waals surface area (Å²) in [6.45, 7) is 6.45. The Labute approximate surface area is 297 Å². The lowest BCUT2D eigenvalue weighted by atomic mass is 9.94. The number of carbonyl (C=O) groups excluding carboxylic acids is 4. The molecule has 0 aliphatic carbocycles. The third-order valence-electron chi connectivity index (χ3n) is 8.65. The van der Waals surface area contributed by atoms with Crippen molar-refractivity contribution < 1.29 is 38.1 Å². The molecule has 0 aliphatic heterocycles. The highest BCUT2D eigenvalue weighted by atomic mass is 16.6. The van der Waals surface area contributed by atoms with Crippen molar-refractivity contribution in [3.8, 4) is 11.5 Å². The van der Waals surface area contributed by atoms with E-state index in [1.807, 2.05) is 6.92 Å². The number of unbranched alkanes of at least 4 members (excludes halogenated alkanes) is 19. The van der Waals surface area contributed by atoms with Gasteiger partial charge in [0.2, 0.25) is 0 Å². The highest BCUT2D eigenvalue weighted by Gasteiger charge is 2.35. The second-order valence-corrected chi connectivity index (χ2v) is 13.1. The van der Waals surface area contributed by atoms with E-state index in [4.69, 9.17) is 18.9 Å². The molecule has 49 heavy (non-hydrogen) atoms. The Balaban J connectivity index is 2.46. The van der Waals surface area contributed by atoms with Crippen LogP contribution in [0.2, 0.25) is 0 Å². The third kappa shape index (κ3) is 23.0. The Morgan fingerprint density at radius 3 is 1.51 bits per heavy atom. The first-order chi connectivity index (χ1) is 24.0. The van der Waals surface area contributed by atoms with E-state index in [-0.39, 0.29) is 24.4 Å². The third-order valence-corrected chi connectivity index (χ3v) is 8.65. The lowest BCUT2D eigenvalue weighted by Gasteiger charge is -2.16. The van der Waals surface area contributed by atoms with Gasteiger partial charge >= 0.3 is 17.9 Å². The van der Waals surface area contributed by atoms with Crippen molar-refractivity contribution in [2.45, 2.75) is 168 Å². The summed E-state index contributed by atoms with van der Waals surface area (Å²) >= 11 is 0. The van der Waals surface area contributed by atoms with E-state index in [2.05, 4.69) is 13.8 Å². The van der Waals surface area contributed by atoms with Crippen molar-refractivity contribution in [3.05, 3.63) is 29.8 Å². The van der Waals surface area contributed by atoms with Crippen molar-refractivity contribution in [2.24, 2.45) is 5.92 Å². The van der Waals surface area contributed by atoms with Gasteiger partial charge in [0, 0.05) is 5.57 Å². The van der Waals surface area contributed by atoms with Crippen molar-refractivity contribution in [1.82, 2.24) is 0 Å². The van der Waals surface area contributed by atoms with Crippen LogP contribution in [0.3, 0.4) is 0 Å². The van der Waals surface area contributed by atoms with E-state index in [0.717, 1.165) is 38.5 Å². The Morgan fingerprint density at radius 1 is 0.551 bits per heavy atom. The molecule has 8 heteroatoms. The van der Waals surface area contributed by atoms with E-state index in [0.29, 0.717) is 25.2 Å². The predicted molar refractivity (Wildman–Crippen MR) is 195 cm³/mol. The molecule has 0 N–H and O–H groups in total. The largest absolute Gasteiger partial charge is 0.494 e. The summed E-state index contributed by atoms with van der Waals surface area (Å²) in [5, 5.41) is 0. The smallest absolute Gasteiger partial charge is 0.349 e. The molecule has 8 nitrogen and oxygen atoms in total. The summed E-state index contributed by atoms with van der Waals surface area (Å²) in [4.78, 5) is 50.2. The van der Waals surface area contributed by atoms with Crippen LogP contribution in [0, 0.1) is 5.92 Å². The second kappa shape index (κ2) is 30.9. The van der Waals surface area contributed by atoms with Gasteiger partial charge in [-0.3, -0.25) is 9.59 Å². The summed E-state index contributed by atoms with van der Waals surface area (Å²) in [6, 6.07) is 6.67.